The Kier molecular flexibility index (Phi) is 3.57. The Morgan fingerprint density at radius 1 is 1.26 bits per heavy atom. The number of rotatable bonds is 3. The third kappa shape index (κ3) is 2.91. The van der Waals surface area contributed by atoms with Crippen molar-refractivity contribution in [2.75, 3.05) is 5.32 Å². The van der Waals surface area contributed by atoms with Crippen LogP contribution in [0.3, 0.4) is 0 Å². The first-order chi connectivity index (χ1) is 8.85. The molecule has 0 aliphatic heterocycles. The summed E-state index contributed by atoms with van der Waals surface area (Å²) in [6.07, 6.45) is 3.80. The average molecular weight is 260 g/mol. The number of carbonyl (C=O) groups is 1. The molecular weight excluding hydrogens is 236 g/mol. The van der Waals surface area contributed by atoms with Gasteiger partial charge >= 0.3 is 0 Å². The van der Waals surface area contributed by atoms with E-state index in [4.69, 9.17) is 5.73 Å². The van der Waals surface area contributed by atoms with E-state index >= 15 is 0 Å². The molecule has 0 aromatic heterocycles. The summed E-state index contributed by atoms with van der Waals surface area (Å²) in [6, 6.07) is 8.05. The Balaban J connectivity index is 2.31. The minimum atomic E-state index is -0.603. The van der Waals surface area contributed by atoms with Gasteiger partial charge in [-0.05, 0) is 43.2 Å². The van der Waals surface area contributed by atoms with Gasteiger partial charge in [-0.15, -0.1) is 0 Å². The molecule has 1 aliphatic rings. The number of amides is 1. The van der Waals surface area contributed by atoms with Crippen LogP contribution in [0.25, 0.3) is 0 Å². The van der Waals surface area contributed by atoms with Crippen molar-refractivity contribution >= 4 is 11.6 Å². The lowest BCUT2D eigenvalue weighted by molar-refractivity contribution is -0.124. The van der Waals surface area contributed by atoms with Crippen molar-refractivity contribution in [1.29, 1.82) is 0 Å². The first-order valence-electron chi connectivity index (χ1n) is 6.98. The zero-order valence-electron chi connectivity index (χ0n) is 12.1. The first kappa shape index (κ1) is 13.9. The van der Waals surface area contributed by atoms with Crippen LogP contribution < -0.4 is 11.1 Å². The van der Waals surface area contributed by atoms with Crippen molar-refractivity contribution < 1.29 is 4.79 Å². The Morgan fingerprint density at radius 3 is 2.53 bits per heavy atom. The molecule has 19 heavy (non-hydrogen) atoms. The van der Waals surface area contributed by atoms with Crippen LogP contribution in [0, 0.1) is 12.3 Å². The molecule has 0 radical (unpaired) electrons. The molecule has 1 fully saturated rings. The highest BCUT2D eigenvalue weighted by molar-refractivity contribution is 5.88. The van der Waals surface area contributed by atoms with Crippen LogP contribution in [0.2, 0.25) is 0 Å². The fourth-order valence-electron chi connectivity index (χ4n) is 3.21. The van der Waals surface area contributed by atoms with Crippen LogP contribution in [-0.2, 0) is 4.79 Å². The second kappa shape index (κ2) is 4.87. The third-order valence-electron chi connectivity index (χ3n) is 4.23. The van der Waals surface area contributed by atoms with Gasteiger partial charge in [0.1, 0.15) is 5.54 Å². The van der Waals surface area contributed by atoms with E-state index in [9.17, 15) is 4.79 Å². The topological polar surface area (TPSA) is 55.1 Å². The van der Waals surface area contributed by atoms with E-state index in [-0.39, 0.29) is 11.3 Å². The lowest BCUT2D eigenvalue weighted by Gasteiger charge is -2.44. The zero-order valence-corrected chi connectivity index (χ0v) is 12.1. The second-order valence-electron chi connectivity index (χ2n) is 6.58. The molecule has 2 rings (SSSR count). The fourth-order valence-corrected chi connectivity index (χ4v) is 3.21. The highest BCUT2D eigenvalue weighted by Gasteiger charge is 2.44. The normalized spacial score (nSPS) is 25.8. The second-order valence-corrected chi connectivity index (χ2v) is 6.58. The van der Waals surface area contributed by atoms with Gasteiger partial charge in [-0.2, -0.15) is 0 Å². The minimum Gasteiger partial charge on any atom is -0.371 e. The molecule has 1 saturated carbocycles. The minimum absolute atomic E-state index is 0.156. The summed E-state index contributed by atoms with van der Waals surface area (Å²) in [4.78, 5) is 12.0. The van der Waals surface area contributed by atoms with Crippen LogP contribution in [-0.4, -0.2) is 11.4 Å². The van der Waals surface area contributed by atoms with E-state index in [2.05, 4.69) is 19.2 Å². The molecule has 0 spiro atoms. The summed E-state index contributed by atoms with van der Waals surface area (Å²) in [6.45, 7) is 6.47. The van der Waals surface area contributed by atoms with Gasteiger partial charge in [0.2, 0.25) is 5.91 Å². The summed E-state index contributed by atoms with van der Waals surface area (Å²) in [7, 11) is 0. The molecule has 0 saturated heterocycles. The first-order valence-corrected chi connectivity index (χ1v) is 6.98. The van der Waals surface area contributed by atoms with Gasteiger partial charge in [0.25, 0.3) is 0 Å². The Hall–Kier alpha value is -1.51. The fraction of sp³-hybridized carbons (Fsp3) is 0.562. The number of aryl methyl sites for hydroxylation is 1. The van der Waals surface area contributed by atoms with E-state index in [0.29, 0.717) is 0 Å². The molecule has 1 atom stereocenters. The number of nitrogens with one attached hydrogen (secondary N) is 1. The lowest BCUT2D eigenvalue weighted by Crippen LogP contribution is -2.55. The number of benzene rings is 1. The van der Waals surface area contributed by atoms with Crippen LogP contribution in [0.4, 0.5) is 5.69 Å². The van der Waals surface area contributed by atoms with Crippen LogP contribution >= 0.6 is 0 Å². The van der Waals surface area contributed by atoms with Crippen LogP contribution in [0.1, 0.15) is 45.1 Å². The van der Waals surface area contributed by atoms with Gasteiger partial charge in [-0.1, -0.05) is 38.5 Å². The van der Waals surface area contributed by atoms with Gasteiger partial charge in [0.15, 0.2) is 0 Å². The molecule has 104 valence electrons. The SMILES string of the molecule is Cc1ccccc1NC1(C(N)=O)CCCC(C)(C)C1. The van der Waals surface area contributed by atoms with Crippen molar-refractivity contribution in [1.82, 2.24) is 0 Å². The molecule has 1 aromatic carbocycles. The van der Waals surface area contributed by atoms with Crippen LogP contribution in [0.5, 0.6) is 0 Å². The van der Waals surface area contributed by atoms with Gasteiger partial charge in [0, 0.05) is 5.69 Å². The maximum absolute atomic E-state index is 12.0. The van der Waals surface area contributed by atoms with Gasteiger partial charge in [0.05, 0.1) is 0 Å². The number of hydrogen-bond donors (Lipinski definition) is 2. The van der Waals surface area contributed by atoms with Crippen molar-refractivity contribution in [3.05, 3.63) is 29.8 Å². The van der Waals surface area contributed by atoms with E-state index in [1.165, 1.54) is 0 Å². The number of carbonyl (C=O) groups excluding carboxylic acids is 1. The number of hydrogen-bond acceptors (Lipinski definition) is 2. The number of para-hydroxylation sites is 1. The molecular formula is C16H24N2O. The van der Waals surface area contributed by atoms with Gasteiger partial charge in [-0.3, -0.25) is 4.79 Å². The summed E-state index contributed by atoms with van der Waals surface area (Å²) in [5.41, 5.74) is 7.43. The van der Waals surface area contributed by atoms with Crippen molar-refractivity contribution in [2.45, 2.75) is 52.0 Å². The number of anilines is 1. The highest BCUT2D eigenvalue weighted by Crippen LogP contribution is 2.42. The van der Waals surface area contributed by atoms with E-state index < -0.39 is 5.54 Å². The van der Waals surface area contributed by atoms with Crippen molar-refractivity contribution in [3.8, 4) is 0 Å². The van der Waals surface area contributed by atoms with E-state index in [1.807, 2.05) is 31.2 Å². The molecule has 3 heteroatoms. The molecule has 0 heterocycles. The van der Waals surface area contributed by atoms with Crippen LogP contribution in [0.15, 0.2) is 24.3 Å². The highest BCUT2D eigenvalue weighted by atomic mass is 16.1. The molecule has 1 aliphatic carbocycles. The summed E-state index contributed by atoms with van der Waals surface area (Å²) < 4.78 is 0. The Labute approximate surface area is 115 Å². The standard InChI is InChI=1S/C16H24N2O/c1-12-7-4-5-8-13(12)18-16(14(17)19)10-6-9-15(2,3)11-16/h4-5,7-8,18H,6,9-11H2,1-3H3,(H2,17,19). The summed E-state index contributed by atoms with van der Waals surface area (Å²) in [5, 5.41) is 3.44. The zero-order chi connectivity index (χ0) is 14.1. The van der Waals surface area contributed by atoms with E-state index in [1.54, 1.807) is 0 Å². The molecule has 1 unspecified atom stereocenters. The number of primary amides is 1. The maximum Gasteiger partial charge on any atom is 0.243 e. The molecule has 1 amide bonds. The summed E-state index contributed by atoms with van der Waals surface area (Å²) in [5.74, 6) is -0.233. The largest absolute Gasteiger partial charge is 0.371 e. The van der Waals surface area contributed by atoms with Gasteiger partial charge < -0.3 is 11.1 Å². The van der Waals surface area contributed by atoms with E-state index in [0.717, 1.165) is 36.9 Å². The predicted octanol–water partition coefficient (Wildman–Crippen LogP) is 3.23. The van der Waals surface area contributed by atoms with Crippen molar-refractivity contribution in [3.63, 3.8) is 0 Å². The Morgan fingerprint density at radius 2 is 1.95 bits per heavy atom. The maximum atomic E-state index is 12.0. The molecule has 0 bridgehead atoms. The monoisotopic (exact) mass is 260 g/mol. The average Bonchev–Trinajstić information content (AvgIpc) is 2.30. The Bertz CT molecular complexity index is 481. The van der Waals surface area contributed by atoms with Crippen molar-refractivity contribution in [2.24, 2.45) is 11.1 Å². The quantitative estimate of drug-likeness (QED) is 0.876. The predicted molar refractivity (Wildman–Crippen MR) is 79.0 cm³/mol. The number of nitrogens with two attached hydrogens (primary N) is 1. The smallest absolute Gasteiger partial charge is 0.243 e. The molecule has 3 N–H and O–H groups in total. The third-order valence-corrected chi connectivity index (χ3v) is 4.23. The van der Waals surface area contributed by atoms with Gasteiger partial charge in [-0.25, -0.2) is 0 Å². The summed E-state index contributed by atoms with van der Waals surface area (Å²) >= 11 is 0. The molecule has 1 aromatic rings. The molecule has 3 nitrogen and oxygen atoms in total. The lowest BCUT2D eigenvalue weighted by atomic mass is 9.67.